The number of hydrogen-bond donors (Lipinski definition) is 2. The summed E-state index contributed by atoms with van der Waals surface area (Å²) in [5.74, 6) is 0.162. The third kappa shape index (κ3) is 3.52. The second kappa shape index (κ2) is 5.72. The van der Waals surface area contributed by atoms with Crippen molar-refractivity contribution >= 4 is 29.4 Å². The molecule has 3 N–H and O–H groups in total. The Morgan fingerprint density at radius 1 is 1.48 bits per heavy atom. The number of hydrogen-bond acceptors (Lipinski definition) is 6. The Labute approximate surface area is 124 Å². The quantitative estimate of drug-likeness (QED) is 0.650. The van der Waals surface area contributed by atoms with E-state index < -0.39 is 5.82 Å². The number of aromatic nitrogens is 2. The molecule has 1 fully saturated rings. The van der Waals surface area contributed by atoms with Gasteiger partial charge in [0.1, 0.15) is 5.82 Å². The third-order valence-electron chi connectivity index (χ3n) is 2.93. The molecule has 1 aromatic heterocycles. The van der Waals surface area contributed by atoms with E-state index in [9.17, 15) is 9.18 Å². The first-order valence-electron chi connectivity index (χ1n) is 6.43. The van der Waals surface area contributed by atoms with E-state index in [1.54, 1.807) is 12.1 Å². The molecule has 0 atom stereocenters. The molecule has 0 bridgehead atoms. The molecule has 21 heavy (non-hydrogen) atoms. The molecule has 1 heterocycles. The Morgan fingerprint density at radius 2 is 2.29 bits per heavy atom. The molecule has 6 nitrogen and oxygen atoms in total. The van der Waals surface area contributed by atoms with Crippen molar-refractivity contribution in [2.45, 2.75) is 23.7 Å². The van der Waals surface area contributed by atoms with Crippen molar-refractivity contribution in [3.8, 4) is 0 Å². The van der Waals surface area contributed by atoms with Crippen molar-refractivity contribution in [2.75, 3.05) is 16.8 Å². The Kier molecular flexibility index (Phi) is 3.78. The molecule has 1 aliphatic rings. The average Bonchev–Trinajstić information content (AvgIpc) is 3.19. The lowest BCUT2D eigenvalue weighted by molar-refractivity contribution is -0.113. The highest BCUT2D eigenvalue weighted by molar-refractivity contribution is 8.00. The Hall–Kier alpha value is -2.09. The van der Waals surface area contributed by atoms with Crippen molar-refractivity contribution in [2.24, 2.45) is 0 Å². The van der Waals surface area contributed by atoms with Gasteiger partial charge in [-0.25, -0.2) is 4.39 Å². The summed E-state index contributed by atoms with van der Waals surface area (Å²) < 4.78 is 18.9. The molecule has 0 unspecified atom stereocenters. The van der Waals surface area contributed by atoms with Crippen LogP contribution in [0, 0.1) is 5.82 Å². The lowest BCUT2D eigenvalue weighted by Crippen LogP contribution is -2.14. The predicted molar refractivity (Wildman–Crippen MR) is 76.4 cm³/mol. The minimum atomic E-state index is -0.443. The summed E-state index contributed by atoms with van der Waals surface area (Å²) in [6.45, 7) is 0. The number of thioether (sulfide) groups is 1. The Balaban J connectivity index is 1.53. The number of rotatable bonds is 5. The molecule has 0 spiro atoms. The fraction of sp³-hybridized carbons (Fsp3) is 0.308. The van der Waals surface area contributed by atoms with E-state index in [2.05, 4.69) is 15.5 Å². The summed E-state index contributed by atoms with van der Waals surface area (Å²) in [4.78, 5) is 12.1. The normalized spacial score (nSPS) is 14.1. The van der Waals surface area contributed by atoms with Crippen LogP contribution in [0.4, 0.5) is 16.1 Å². The van der Waals surface area contributed by atoms with Gasteiger partial charge in [0.25, 0.3) is 0 Å². The molecular formula is C13H13FN4O2S. The van der Waals surface area contributed by atoms with Crippen molar-refractivity contribution in [1.82, 2.24) is 10.2 Å². The van der Waals surface area contributed by atoms with Crippen molar-refractivity contribution in [1.29, 1.82) is 0 Å². The topological polar surface area (TPSA) is 94.0 Å². The van der Waals surface area contributed by atoms with E-state index >= 15 is 0 Å². The summed E-state index contributed by atoms with van der Waals surface area (Å²) in [6.07, 6.45) is 2.09. The summed E-state index contributed by atoms with van der Waals surface area (Å²) in [5.41, 5.74) is 5.81. The van der Waals surface area contributed by atoms with Gasteiger partial charge < -0.3 is 10.2 Å². The number of anilines is 2. The van der Waals surface area contributed by atoms with Crippen LogP contribution in [-0.2, 0) is 4.79 Å². The fourth-order valence-electron chi connectivity index (χ4n) is 1.71. The SMILES string of the molecule is Nc1ccc(SCC(=O)Nc2nnc(C3CC3)o2)c(F)c1. The molecule has 1 aromatic carbocycles. The van der Waals surface area contributed by atoms with Crippen LogP contribution >= 0.6 is 11.8 Å². The number of amides is 1. The molecule has 1 saturated carbocycles. The highest BCUT2D eigenvalue weighted by atomic mass is 32.2. The highest BCUT2D eigenvalue weighted by Gasteiger charge is 2.29. The van der Waals surface area contributed by atoms with Gasteiger partial charge in [0.15, 0.2) is 0 Å². The van der Waals surface area contributed by atoms with Crippen LogP contribution in [0.2, 0.25) is 0 Å². The van der Waals surface area contributed by atoms with Crippen LogP contribution in [0.1, 0.15) is 24.7 Å². The van der Waals surface area contributed by atoms with Crippen LogP contribution in [-0.4, -0.2) is 21.9 Å². The molecule has 0 saturated heterocycles. The van der Waals surface area contributed by atoms with Gasteiger partial charge in [0, 0.05) is 16.5 Å². The fourth-order valence-corrected chi connectivity index (χ4v) is 2.43. The molecule has 8 heteroatoms. The van der Waals surface area contributed by atoms with Gasteiger partial charge >= 0.3 is 6.01 Å². The van der Waals surface area contributed by atoms with Gasteiger partial charge in [-0.2, -0.15) is 0 Å². The lowest BCUT2D eigenvalue weighted by atomic mass is 10.3. The lowest BCUT2D eigenvalue weighted by Gasteiger charge is -2.03. The maximum Gasteiger partial charge on any atom is 0.322 e. The zero-order chi connectivity index (χ0) is 14.8. The van der Waals surface area contributed by atoms with E-state index in [0.717, 1.165) is 24.6 Å². The van der Waals surface area contributed by atoms with E-state index in [1.807, 2.05) is 0 Å². The minimum absolute atomic E-state index is 0.0436. The molecular weight excluding hydrogens is 295 g/mol. The van der Waals surface area contributed by atoms with Gasteiger partial charge in [-0.05, 0) is 31.0 Å². The Morgan fingerprint density at radius 3 is 3.00 bits per heavy atom. The second-order valence-corrected chi connectivity index (χ2v) is 5.76. The number of nitrogens with two attached hydrogens (primary N) is 1. The van der Waals surface area contributed by atoms with E-state index in [0.29, 0.717) is 22.4 Å². The first kappa shape index (κ1) is 13.9. The van der Waals surface area contributed by atoms with Gasteiger partial charge in [0.2, 0.25) is 11.8 Å². The molecule has 2 aromatic rings. The van der Waals surface area contributed by atoms with Crippen molar-refractivity contribution < 1.29 is 13.6 Å². The van der Waals surface area contributed by atoms with E-state index in [4.69, 9.17) is 10.2 Å². The maximum absolute atomic E-state index is 13.6. The van der Waals surface area contributed by atoms with Gasteiger partial charge in [-0.15, -0.1) is 16.9 Å². The first-order valence-corrected chi connectivity index (χ1v) is 7.41. The van der Waals surface area contributed by atoms with E-state index in [-0.39, 0.29) is 17.7 Å². The maximum atomic E-state index is 13.6. The number of halogens is 1. The number of carbonyl (C=O) groups is 1. The van der Waals surface area contributed by atoms with Gasteiger partial charge in [-0.1, -0.05) is 5.10 Å². The summed E-state index contributed by atoms with van der Waals surface area (Å²) in [5, 5.41) is 10.1. The Bertz CT molecular complexity index is 672. The first-order chi connectivity index (χ1) is 10.1. The molecule has 0 aliphatic heterocycles. The average molecular weight is 308 g/mol. The van der Waals surface area contributed by atoms with Gasteiger partial charge in [-0.3, -0.25) is 10.1 Å². The standard InChI is InChI=1S/C13H13FN4O2S/c14-9-5-8(15)3-4-10(9)21-6-11(19)16-13-18-17-12(20-13)7-1-2-7/h3-5,7H,1-2,6,15H2,(H,16,18,19). The number of nitrogen functional groups attached to an aromatic ring is 1. The van der Waals surface area contributed by atoms with Crippen LogP contribution < -0.4 is 11.1 Å². The summed E-state index contributed by atoms with van der Waals surface area (Å²) in [7, 11) is 0. The minimum Gasteiger partial charge on any atom is -0.408 e. The van der Waals surface area contributed by atoms with Crippen LogP contribution in [0.5, 0.6) is 0 Å². The van der Waals surface area contributed by atoms with Crippen molar-refractivity contribution in [3.63, 3.8) is 0 Å². The zero-order valence-electron chi connectivity index (χ0n) is 11.0. The second-order valence-electron chi connectivity index (χ2n) is 4.75. The number of carbonyl (C=O) groups excluding carboxylic acids is 1. The predicted octanol–water partition coefficient (Wildman–Crippen LogP) is 2.40. The number of nitrogens with zero attached hydrogens (tertiary/aromatic N) is 2. The number of nitrogens with one attached hydrogen (secondary N) is 1. The van der Waals surface area contributed by atoms with Crippen LogP contribution in [0.3, 0.4) is 0 Å². The monoisotopic (exact) mass is 308 g/mol. The largest absolute Gasteiger partial charge is 0.408 e. The molecule has 110 valence electrons. The molecule has 0 radical (unpaired) electrons. The summed E-state index contributed by atoms with van der Waals surface area (Å²) >= 11 is 1.08. The van der Waals surface area contributed by atoms with Crippen LogP contribution in [0.25, 0.3) is 0 Å². The third-order valence-corrected chi connectivity index (χ3v) is 3.98. The smallest absolute Gasteiger partial charge is 0.322 e. The van der Waals surface area contributed by atoms with Crippen LogP contribution in [0.15, 0.2) is 27.5 Å². The van der Waals surface area contributed by atoms with Gasteiger partial charge in [0.05, 0.1) is 5.75 Å². The van der Waals surface area contributed by atoms with Crippen molar-refractivity contribution in [3.05, 3.63) is 29.9 Å². The molecule has 1 aliphatic carbocycles. The zero-order valence-corrected chi connectivity index (χ0v) is 11.8. The highest BCUT2D eigenvalue weighted by Crippen LogP contribution is 2.39. The molecule has 1 amide bonds. The van der Waals surface area contributed by atoms with E-state index in [1.165, 1.54) is 6.07 Å². The number of benzene rings is 1. The molecule has 3 rings (SSSR count). The summed E-state index contributed by atoms with van der Waals surface area (Å²) in [6, 6.07) is 4.43.